The van der Waals surface area contributed by atoms with Gasteiger partial charge in [-0.3, -0.25) is 0 Å². The Morgan fingerprint density at radius 3 is 2.65 bits per heavy atom. The van der Waals surface area contributed by atoms with Gasteiger partial charge in [0.25, 0.3) is 0 Å². The molecule has 0 aliphatic carbocycles. The fraction of sp³-hybridized carbons (Fsp3) is 0.200. The van der Waals surface area contributed by atoms with Gasteiger partial charge in [-0.15, -0.1) is 0 Å². The molecule has 2 rings (SSSR count). The van der Waals surface area contributed by atoms with Crippen molar-refractivity contribution in [1.82, 2.24) is 5.32 Å². The molecular weight excluding hydrogens is 377 g/mol. The lowest BCUT2D eigenvalue weighted by atomic mass is 10.2. The van der Waals surface area contributed by atoms with Crippen LogP contribution in [0.4, 0.5) is 0 Å². The van der Waals surface area contributed by atoms with Gasteiger partial charge in [-0.25, -0.2) is 0 Å². The number of nitrogens with one attached hydrogen (secondary N) is 1. The molecule has 0 aliphatic heterocycles. The number of halogens is 3. The van der Waals surface area contributed by atoms with Gasteiger partial charge in [0.1, 0.15) is 0 Å². The predicted molar refractivity (Wildman–Crippen MR) is 92.1 cm³/mol. The van der Waals surface area contributed by atoms with Crippen molar-refractivity contribution in [2.24, 2.45) is 0 Å². The quantitative estimate of drug-likeness (QED) is 0.670. The van der Waals surface area contributed by atoms with Gasteiger partial charge < -0.3 is 5.32 Å². The molecule has 0 aromatic heterocycles. The van der Waals surface area contributed by atoms with E-state index in [4.69, 9.17) is 23.2 Å². The largest absolute Gasteiger partial charge is 0.313 e. The zero-order chi connectivity index (χ0) is 14.5. The summed E-state index contributed by atoms with van der Waals surface area (Å²) in [6.07, 6.45) is 0. The third kappa shape index (κ3) is 4.40. The molecule has 2 aromatic rings. The van der Waals surface area contributed by atoms with E-state index in [0.717, 1.165) is 22.5 Å². The first-order chi connectivity index (χ1) is 9.60. The molecule has 1 N–H and O–H groups in total. The van der Waals surface area contributed by atoms with E-state index in [1.54, 1.807) is 17.8 Å². The second-order valence-corrected chi connectivity index (χ2v) is 7.05. The van der Waals surface area contributed by atoms with Crippen LogP contribution in [0.25, 0.3) is 0 Å². The van der Waals surface area contributed by atoms with Gasteiger partial charge in [-0.2, -0.15) is 0 Å². The minimum Gasteiger partial charge on any atom is -0.313 e. The monoisotopic (exact) mass is 389 g/mol. The van der Waals surface area contributed by atoms with Crippen LogP contribution in [-0.4, -0.2) is 6.54 Å². The highest BCUT2D eigenvalue weighted by Crippen LogP contribution is 2.37. The van der Waals surface area contributed by atoms with Crippen molar-refractivity contribution < 1.29 is 0 Å². The van der Waals surface area contributed by atoms with E-state index in [0.29, 0.717) is 10.0 Å². The number of hydrogen-bond donors (Lipinski definition) is 1. The molecule has 0 saturated heterocycles. The molecule has 0 bridgehead atoms. The summed E-state index contributed by atoms with van der Waals surface area (Å²) in [6.45, 7) is 3.88. The number of rotatable bonds is 5. The van der Waals surface area contributed by atoms with Crippen LogP contribution in [0.15, 0.2) is 50.7 Å². The van der Waals surface area contributed by atoms with Crippen molar-refractivity contribution in [3.63, 3.8) is 0 Å². The second kappa shape index (κ2) is 7.71. The highest BCUT2D eigenvalue weighted by Gasteiger charge is 2.08. The molecule has 0 amide bonds. The summed E-state index contributed by atoms with van der Waals surface area (Å²) in [7, 11) is 0. The van der Waals surface area contributed by atoms with Crippen LogP contribution in [-0.2, 0) is 6.54 Å². The molecule has 1 nitrogen and oxygen atoms in total. The second-order valence-electron chi connectivity index (χ2n) is 4.21. The molecule has 0 aliphatic rings. The highest BCUT2D eigenvalue weighted by molar-refractivity contribution is 9.10. The molecule has 0 unspecified atom stereocenters. The van der Waals surface area contributed by atoms with Gasteiger partial charge in [-0.05, 0) is 42.4 Å². The van der Waals surface area contributed by atoms with E-state index >= 15 is 0 Å². The van der Waals surface area contributed by atoms with E-state index in [1.165, 1.54) is 10.5 Å². The average molecular weight is 391 g/mol. The summed E-state index contributed by atoms with van der Waals surface area (Å²) < 4.78 is 1.05. The third-order valence-corrected chi connectivity index (χ3v) is 5.04. The molecule has 0 spiro atoms. The third-order valence-electron chi connectivity index (χ3n) is 2.71. The van der Waals surface area contributed by atoms with Crippen LogP contribution < -0.4 is 5.32 Å². The van der Waals surface area contributed by atoms with Crippen molar-refractivity contribution in [2.45, 2.75) is 23.3 Å². The van der Waals surface area contributed by atoms with Crippen LogP contribution in [0.5, 0.6) is 0 Å². The Balaban J connectivity index is 2.31. The smallest absolute Gasteiger partial charge is 0.0546 e. The van der Waals surface area contributed by atoms with Crippen molar-refractivity contribution in [3.8, 4) is 0 Å². The maximum absolute atomic E-state index is 6.24. The average Bonchev–Trinajstić information content (AvgIpc) is 2.42. The lowest BCUT2D eigenvalue weighted by Crippen LogP contribution is -2.12. The predicted octanol–water partition coefficient (Wildman–Crippen LogP) is 6.02. The van der Waals surface area contributed by atoms with Gasteiger partial charge in [0.15, 0.2) is 0 Å². The molecular formula is C15H14BrCl2NS. The fourth-order valence-electron chi connectivity index (χ4n) is 1.70. The first-order valence-electron chi connectivity index (χ1n) is 6.22. The standard InChI is InChI=1S/C15H14BrCl2NS/c1-2-19-9-10-3-4-11(16)7-14(10)20-15-8-12(17)5-6-13(15)18/h3-8,19H,2,9H2,1H3. The molecule has 0 heterocycles. The molecule has 5 heteroatoms. The molecule has 0 saturated carbocycles. The lowest BCUT2D eigenvalue weighted by molar-refractivity contribution is 0.718. The Labute approximate surface area is 142 Å². The molecule has 2 aromatic carbocycles. The Morgan fingerprint density at radius 1 is 1.10 bits per heavy atom. The Kier molecular flexibility index (Phi) is 6.24. The van der Waals surface area contributed by atoms with E-state index in [2.05, 4.69) is 46.4 Å². The van der Waals surface area contributed by atoms with Crippen LogP contribution in [0.2, 0.25) is 10.0 Å². The number of benzene rings is 2. The lowest BCUT2D eigenvalue weighted by Gasteiger charge is -2.11. The fourth-order valence-corrected chi connectivity index (χ4v) is 3.73. The van der Waals surface area contributed by atoms with Crippen LogP contribution in [0.3, 0.4) is 0 Å². The zero-order valence-corrected chi connectivity index (χ0v) is 14.8. The zero-order valence-electron chi connectivity index (χ0n) is 10.9. The molecule has 0 atom stereocenters. The van der Waals surface area contributed by atoms with Gasteiger partial charge in [-0.1, -0.05) is 63.9 Å². The van der Waals surface area contributed by atoms with Crippen molar-refractivity contribution in [3.05, 3.63) is 56.5 Å². The van der Waals surface area contributed by atoms with E-state index in [1.807, 2.05) is 12.1 Å². The maximum atomic E-state index is 6.24. The van der Waals surface area contributed by atoms with E-state index in [-0.39, 0.29) is 0 Å². The summed E-state index contributed by atoms with van der Waals surface area (Å²) >= 11 is 17.4. The van der Waals surface area contributed by atoms with E-state index in [9.17, 15) is 0 Å². The molecule has 20 heavy (non-hydrogen) atoms. The minimum absolute atomic E-state index is 0.695. The van der Waals surface area contributed by atoms with Gasteiger partial charge >= 0.3 is 0 Å². The SMILES string of the molecule is CCNCc1ccc(Br)cc1Sc1cc(Cl)ccc1Cl. The summed E-state index contributed by atoms with van der Waals surface area (Å²) in [5.41, 5.74) is 1.25. The Bertz CT molecular complexity index is 604. The first kappa shape index (κ1) is 16.2. The van der Waals surface area contributed by atoms with Gasteiger partial charge in [0.2, 0.25) is 0 Å². The Morgan fingerprint density at radius 2 is 1.90 bits per heavy atom. The van der Waals surface area contributed by atoms with Crippen molar-refractivity contribution in [2.75, 3.05) is 6.54 Å². The van der Waals surface area contributed by atoms with E-state index < -0.39 is 0 Å². The normalized spacial score (nSPS) is 10.8. The van der Waals surface area contributed by atoms with Crippen LogP contribution >= 0.6 is 50.9 Å². The Hall–Kier alpha value is -0.190. The summed E-state index contributed by atoms with van der Waals surface area (Å²) in [4.78, 5) is 2.14. The maximum Gasteiger partial charge on any atom is 0.0546 e. The van der Waals surface area contributed by atoms with Crippen LogP contribution in [0, 0.1) is 0 Å². The summed E-state index contributed by atoms with van der Waals surface area (Å²) in [5.74, 6) is 0. The first-order valence-corrected chi connectivity index (χ1v) is 8.58. The van der Waals surface area contributed by atoms with Gasteiger partial charge in [0.05, 0.1) is 5.02 Å². The molecule has 0 radical (unpaired) electrons. The topological polar surface area (TPSA) is 12.0 Å². The van der Waals surface area contributed by atoms with Crippen molar-refractivity contribution >= 4 is 50.9 Å². The van der Waals surface area contributed by atoms with Crippen LogP contribution in [0.1, 0.15) is 12.5 Å². The summed E-state index contributed by atoms with van der Waals surface area (Å²) in [5, 5.41) is 4.76. The molecule has 0 fully saturated rings. The van der Waals surface area contributed by atoms with Crippen molar-refractivity contribution in [1.29, 1.82) is 0 Å². The minimum atomic E-state index is 0.695. The van der Waals surface area contributed by atoms with Gasteiger partial charge in [0, 0.05) is 25.8 Å². The highest BCUT2D eigenvalue weighted by atomic mass is 79.9. The number of hydrogen-bond acceptors (Lipinski definition) is 2. The molecule has 106 valence electrons. The summed E-state index contributed by atoms with van der Waals surface area (Å²) in [6, 6.07) is 11.8.